The third-order valence-corrected chi connectivity index (χ3v) is 2.78. The summed E-state index contributed by atoms with van der Waals surface area (Å²) in [4.78, 5) is 23.6. The Bertz CT molecular complexity index is 501. The second-order valence-electron chi connectivity index (χ2n) is 4.39. The first-order valence-electron chi connectivity index (χ1n) is 6.84. The van der Waals surface area contributed by atoms with Crippen molar-refractivity contribution < 1.29 is 23.8 Å². The molecule has 0 spiro atoms. The lowest BCUT2D eigenvalue weighted by Crippen LogP contribution is -2.30. The van der Waals surface area contributed by atoms with Crippen molar-refractivity contribution >= 4 is 17.6 Å². The molecule has 0 saturated carbocycles. The Morgan fingerprint density at radius 3 is 2.57 bits per heavy atom. The fourth-order valence-electron chi connectivity index (χ4n) is 1.79. The van der Waals surface area contributed by atoms with E-state index in [0.29, 0.717) is 12.1 Å². The molecule has 1 rings (SSSR count). The minimum absolute atomic E-state index is 0.216. The van der Waals surface area contributed by atoms with Gasteiger partial charge in [0.15, 0.2) is 6.10 Å². The number of anilines is 1. The lowest BCUT2D eigenvalue weighted by Gasteiger charge is -2.19. The summed E-state index contributed by atoms with van der Waals surface area (Å²) in [5.74, 6) is -0.796. The van der Waals surface area contributed by atoms with Crippen molar-refractivity contribution in [3.05, 3.63) is 23.8 Å². The van der Waals surface area contributed by atoms with Gasteiger partial charge in [0, 0.05) is 11.8 Å². The van der Waals surface area contributed by atoms with Crippen molar-refractivity contribution in [3.8, 4) is 5.75 Å². The topological polar surface area (TPSA) is 87.9 Å². The van der Waals surface area contributed by atoms with E-state index >= 15 is 0 Å². The summed E-state index contributed by atoms with van der Waals surface area (Å²) in [5.41, 5.74) is 6.35. The summed E-state index contributed by atoms with van der Waals surface area (Å²) < 4.78 is 15.3. The highest BCUT2D eigenvalue weighted by Gasteiger charge is 2.24. The molecule has 21 heavy (non-hydrogen) atoms. The predicted octanol–water partition coefficient (Wildman–Crippen LogP) is 2.17. The molecule has 1 unspecified atom stereocenters. The predicted molar refractivity (Wildman–Crippen MR) is 78.2 cm³/mol. The second kappa shape index (κ2) is 8.14. The number of carbonyl (C=O) groups excluding carboxylic acids is 2. The van der Waals surface area contributed by atoms with Gasteiger partial charge in [0.1, 0.15) is 11.3 Å². The molecule has 1 atom stereocenters. The van der Waals surface area contributed by atoms with E-state index in [1.54, 1.807) is 13.0 Å². The van der Waals surface area contributed by atoms with Crippen LogP contribution in [0.4, 0.5) is 5.69 Å². The quantitative estimate of drug-likeness (QED) is 0.612. The van der Waals surface area contributed by atoms with E-state index in [4.69, 9.17) is 19.9 Å². The number of nitrogen functional groups attached to an aromatic ring is 1. The van der Waals surface area contributed by atoms with Gasteiger partial charge in [-0.3, -0.25) is 0 Å². The number of nitrogens with two attached hydrogens (primary N) is 1. The van der Waals surface area contributed by atoms with Crippen molar-refractivity contribution in [2.24, 2.45) is 0 Å². The summed E-state index contributed by atoms with van der Waals surface area (Å²) in [6.45, 7) is 3.92. The molecule has 0 aromatic heterocycles. The number of rotatable bonds is 7. The molecule has 2 N–H and O–H groups in total. The monoisotopic (exact) mass is 295 g/mol. The summed E-state index contributed by atoms with van der Waals surface area (Å²) in [5, 5.41) is 0. The third kappa shape index (κ3) is 4.66. The Balaban J connectivity index is 3.04. The average Bonchev–Trinajstić information content (AvgIpc) is 2.46. The van der Waals surface area contributed by atoms with E-state index in [-0.39, 0.29) is 17.9 Å². The first kappa shape index (κ1) is 16.8. The molecule has 0 heterocycles. The summed E-state index contributed by atoms with van der Waals surface area (Å²) in [7, 11) is 1.28. The number of hydrogen-bond acceptors (Lipinski definition) is 6. The number of esters is 2. The van der Waals surface area contributed by atoms with Gasteiger partial charge in [-0.25, -0.2) is 9.59 Å². The first-order chi connectivity index (χ1) is 10.0. The number of methoxy groups -OCH3 is 1. The highest BCUT2D eigenvalue weighted by atomic mass is 16.6. The van der Waals surface area contributed by atoms with E-state index in [9.17, 15) is 9.59 Å². The van der Waals surface area contributed by atoms with Crippen molar-refractivity contribution in [2.75, 3.05) is 19.5 Å². The van der Waals surface area contributed by atoms with E-state index in [1.807, 2.05) is 6.92 Å². The smallest absolute Gasteiger partial charge is 0.347 e. The van der Waals surface area contributed by atoms with Gasteiger partial charge in [0.05, 0.1) is 13.7 Å². The Kier molecular flexibility index (Phi) is 6.52. The highest BCUT2D eigenvalue weighted by molar-refractivity contribution is 5.93. The van der Waals surface area contributed by atoms with Gasteiger partial charge in [0.2, 0.25) is 0 Å². The second-order valence-corrected chi connectivity index (χ2v) is 4.39. The maximum atomic E-state index is 11.9. The van der Waals surface area contributed by atoms with Crippen molar-refractivity contribution in [3.63, 3.8) is 0 Å². The molecule has 0 aliphatic carbocycles. The molecule has 0 amide bonds. The van der Waals surface area contributed by atoms with Crippen LogP contribution in [0.1, 0.15) is 37.0 Å². The maximum absolute atomic E-state index is 11.9. The van der Waals surface area contributed by atoms with Gasteiger partial charge in [-0.1, -0.05) is 13.3 Å². The van der Waals surface area contributed by atoms with E-state index in [1.165, 1.54) is 19.2 Å². The van der Waals surface area contributed by atoms with Gasteiger partial charge in [-0.15, -0.1) is 0 Å². The molecule has 0 fully saturated rings. The zero-order chi connectivity index (χ0) is 15.8. The minimum atomic E-state index is -0.778. The van der Waals surface area contributed by atoms with Gasteiger partial charge in [0.25, 0.3) is 0 Å². The Labute approximate surface area is 124 Å². The summed E-state index contributed by atoms with van der Waals surface area (Å²) in [6.07, 6.45) is 0.438. The molecule has 6 nitrogen and oxygen atoms in total. The fraction of sp³-hybridized carbons (Fsp3) is 0.467. The van der Waals surface area contributed by atoms with Crippen LogP contribution in [0, 0.1) is 0 Å². The molecular weight excluding hydrogens is 274 g/mol. The lowest BCUT2D eigenvalue weighted by atomic mass is 10.1. The van der Waals surface area contributed by atoms with Crippen LogP contribution in [0.15, 0.2) is 18.2 Å². The molecule has 0 aliphatic rings. The summed E-state index contributed by atoms with van der Waals surface area (Å²) >= 11 is 0. The zero-order valence-corrected chi connectivity index (χ0v) is 12.5. The van der Waals surface area contributed by atoms with Crippen LogP contribution in [0.2, 0.25) is 0 Å². The maximum Gasteiger partial charge on any atom is 0.347 e. The van der Waals surface area contributed by atoms with Crippen molar-refractivity contribution in [1.29, 1.82) is 0 Å². The molecule has 116 valence electrons. The van der Waals surface area contributed by atoms with Gasteiger partial charge in [-0.05, 0) is 25.5 Å². The molecule has 0 bridgehead atoms. The van der Waals surface area contributed by atoms with E-state index in [2.05, 4.69) is 0 Å². The molecule has 1 aromatic carbocycles. The largest absolute Gasteiger partial charge is 0.478 e. The average molecular weight is 295 g/mol. The van der Waals surface area contributed by atoms with Crippen LogP contribution in [-0.2, 0) is 14.3 Å². The molecule has 6 heteroatoms. The molecule has 0 aliphatic heterocycles. The molecule has 0 saturated heterocycles. The number of benzene rings is 1. The Hall–Kier alpha value is -2.24. The van der Waals surface area contributed by atoms with Crippen LogP contribution >= 0.6 is 0 Å². The Morgan fingerprint density at radius 1 is 1.29 bits per heavy atom. The van der Waals surface area contributed by atoms with Gasteiger partial charge in [-0.2, -0.15) is 0 Å². The van der Waals surface area contributed by atoms with Gasteiger partial charge < -0.3 is 19.9 Å². The summed E-state index contributed by atoms with van der Waals surface area (Å²) in [6, 6.07) is 4.57. The number of hydrogen-bond donors (Lipinski definition) is 1. The molecule has 0 radical (unpaired) electrons. The number of carbonyl (C=O) groups is 2. The first-order valence-corrected chi connectivity index (χ1v) is 6.84. The SMILES string of the molecule is CCCC(Oc1cc(N)ccc1C(=O)OC)C(=O)OCC. The van der Waals surface area contributed by atoms with Crippen molar-refractivity contribution in [1.82, 2.24) is 0 Å². The van der Waals surface area contributed by atoms with E-state index in [0.717, 1.165) is 6.42 Å². The zero-order valence-electron chi connectivity index (χ0n) is 12.5. The van der Waals surface area contributed by atoms with Crippen LogP contribution in [0.3, 0.4) is 0 Å². The Morgan fingerprint density at radius 2 is 2.00 bits per heavy atom. The molecular formula is C15H21NO5. The number of ether oxygens (including phenoxy) is 3. The van der Waals surface area contributed by atoms with Crippen LogP contribution in [0.25, 0.3) is 0 Å². The van der Waals surface area contributed by atoms with E-state index < -0.39 is 18.0 Å². The van der Waals surface area contributed by atoms with Crippen LogP contribution in [0.5, 0.6) is 5.75 Å². The van der Waals surface area contributed by atoms with Crippen molar-refractivity contribution in [2.45, 2.75) is 32.8 Å². The van der Waals surface area contributed by atoms with Crippen LogP contribution < -0.4 is 10.5 Å². The van der Waals surface area contributed by atoms with Crippen LogP contribution in [-0.4, -0.2) is 31.8 Å². The normalized spacial score (nSPS) is 11.6. The molecule has 1 aromatic rings. The minimum Gasteiger partial charge on any atom is -0.478 e. The highest BCUT2D eigenvalue weighted by Crippen LogP contribution is 2.25. The standard InChI is InChI=1S/C15H21NO5/c1-4-6-12(15(18)20-5-2)21-13-9-10(16)7-8-11(13)14(17)19-3/h7-9,12H,4-6,16H2,1-3H3. The van der Waals surface area contributed by atoms with Gasteiger partial charge >= 0.3 is 11.9 Å². The lowest BCUT2D eigenvalue weighted by molar-refractivity contribution is -0.151. The fourth-order valence-corrected chi connectivity index (χ4v) is 1.79. The third-order valence-electron chi connectivity index (χ3n) is 2.78.